The van der Waals surface area contributed by atoms with Crippen LogP contribution in [0, 0.1) is 18.6 Å². The Balaban J connectivity index is 2.13. The van der Waals surface area contributed by atoms with Gasteiger partial charge in [-0.15, -0.1) is 0 Å². The van der Waals surface area contributed by atoms with Gasteiger partial charge in [-0.1, -0.05) is 12.1 Å². The number of nitrogens with one attached hydrogen (secondary N) is 1. The van der Waals surface area contributed by atoms with Gasteiger partial charge in [0.1, 0.15) is 11.6 Å². The van der Waals surface area contributed by atoms with Crippen LogP contribution in [0.4, 0.5) is 14.5 Å². The van der Waals surface area contributed by atoms with Gasteiger partial charge in [0, 0.05) is 10.0 Å². The second kappa shape index (κ2) is 6.13. The molecule has 0 aliphatic carbocycles. The molecule has 0 unspecified atom stereocenters. The zero-order valence-corrected chi connectivity index (χ0v) is 12.3. The van der Waals surface area contributed by atoms with Crippen molar-refractivity contribution in [3.63, 3.8) is 0 Å². The third kappa shape index (κ3) is 3.42. The van der Waals surface area contributed by atoms with Gasteiger partial charge < -0.3 is 5.32 Å². The predicted octanol–water partition coefficient (Wildman–Crippen LogP) is 4.22. The van der Waals surface area contributed by atoms with Gasteiger partial charge in [-0.05, 0) is 52.7 Å². The number of carbonyl (C=O) groups excluding carboxylic acids is 1. The summed E-state index contributed by atoms with van der Waals surface area (Å²) in [6, 6.07) is 8.95. The molecule has 20 heavy (non-hydrogen) atoms. The van der Waals surface area contributed by atoms with Gasteiger partial charge in [-0.2, -0.15) is 0 Å². The molecule has 2 rings (SSSR count). The highest BCUT2D eigenvalue weighted by Crippen LogP contribution is 2.23. The predicted molar refractivity (Wildman–Crippen MR) is 77.6 cm³/mol. The zero-order chi connectivity index (χ0) is 14.7. The highest BCUT2D eigenvalue weighted by atomic mass is 79.9. The standard InChI is InChI=1S/C15H12BrF2NO/c1-9-5-6-14(11(16)7-9)19-15(20)8-10-12(17)3-2-4-13(10)18/h2-7H,8H2,1H3,(H,19,20). The van der Waals surface area contributed by atoms with Crippen LogP contribution in [0.2, 0.25) is 0 Å². The van der Waals surface area contributed by atoms with Crippen LogP contribution in [0.3, 0.4) is 0 Å². The quantitative estimate of drug-likeness (QED) is 0.891. The number of carbonyl (C=O) groups is 1. The van der Waals surface area contributed by atoms with Crippen molar-refractivity contribution in [2.24, 2.45) is 0 Å². The molecule has 0 radical (unpaired) electrons. The monoisotopic (exact) mass is 339 g/mol. The van der Waals surface area contributed by atoms with Crippen LogP contribution in [0.15, 0.2) is 40.9 Å². The molecular weight excluding hydrogens is 328 g/mol. The summed E-state index contributed by atoms with van der Waals surface area (Å²) in [5, 5.41) is 2.62. The summed E-state index contributed by atoms with van der Waals surface area (Å²) in [6.45, 7) is 1.92. The molecule has 0 spiro atoms. The fourth-order valence-electron chi connectivity index (χ4n) is 1.78. The van der Waals surface area contributed by atoms with Crippen molar-refractivity contribution in [1.29, 1.82) is 0 Å². The Morgan fingerprint density at radius 3 is 2.45 bits per heavy atom. The fraction of sp³-hybridized carbons (Fsp3) is 0.133. The Morgan fingerprint density at radius 1 is 1.20 bits per heavy atom. The molecule has 0 bridgehead atoms. The molecule has 0 aliphatic heterocycles. The zero-order valence-electron chi connectivity index (χ0n) is 10.7. The molecule has 0 aromatic heterocycles. The van der Waals surface area contributed by atoms with Crippen LogP contribution >= 0.6 is 15.9 Å². The Kier molecular flexibility index (Phi) is 4.49. The molecule has 0 saturated carbocycles. The van der Waals surface area contributed by atoms with Gasteiger partial charge >= 0.3 is 0 Å². The van der Waals surface area contributed by atoms with Gasteiger partial charge in [0.25, 0.3) is 0 Å². The van der Waals surface area contributed by atoms with Crippen molar-refractivity contribution in [2.75, 3.05) is 5.32 Å². The molecule has 2 aromatic rings. The van der Waals surface area contributed by atoms with E-state index in [-0.39, 0.29) is 12.0 Å². The molecule has 2 nitrogen and oxygen atoms in total. The summed E-state index contributed by atoms with van der Waals surface area (Å²) >= 11 is 3.33. The largest absolute Gasteiger partial charge is 0.325 e. The van der Waals surface area contributed by atoms with Gasteiger partial charge in [0.2, 0.25) is 5.91 Å². The average Bonchev–Trinajstić information content (AvgIpc) is 2.37. The van der Waals surface area contributed by atoms with E-state index in [9.17, 15) is 13.6 Å². The average molecular weight is 340 g/mol. The highest BCUT2D eigenvalue weighted by molar-refractivity contribution is 9.10. The molecule has 1 N–H and O–H groups in total. The molecule has 0 atom stereocenters. The van der Waals surface area contributed by atoms with Gasteiger partial charge in [0.15, 0.2) is 0 Å². The van der Waals surface area contributed by atoms with E-state index < -0.39 is 17.5 Å². The molecule has 0 heterocycles. The van der Waals surface area contributed by atoms with Crippen LogP contribution in [-0.4, -0.2) is 5.91 Å². The van der Waals surface area contributed by atoms with Crippen molar-refractivity contribution >= 4 is 27.5 Å². The Bertz CT molecular complexity index is 638. The van der Waals surface area contributed by atoms with Gasteiger partial charge in [-0.25, -0.2) is 8.78 Å². The lowest BCUT2D eigenvalue weighted by atomic mass is 10.1. The van der Waals surface area contributed by atoms with E-state index in [1.807, 2.05) is 19.1 Å². The van der Waals surface area contributed by atoms with E-state index in [1.165, 1.54) is 6.07 Å². The normalized spacial score (nSPS) is 10.4. The summed E-state index contributed by atoms with van der Waals surface area (Å²) in [5.41, 5.74) is 1.38. The third-order valence-electron chi connectivity index (χ3n) is 2.80. The Labute approximate surface area is 123 Å². The van der Waals surface area contributed by atoms with E-state index in [0.717, 1.165) is 22.2 Å². The molecule has 1 amide bonds. The Hall–Kier alpha value is -1.75. The first-order valence-corrected chi connectivity index (χ1v) is 6.75. The summed E-state index contributed by atoms with van der Waals surface area (Å²) in [6.07, 6.45) is -0.348. The second-order valence-corrected chi connectivity index (χ2v) is 5.26. The molecule has 0 saturated heterocycles. The number of halogens is 3. The number of anilines is 1. The molecule has 104 valence electrons. The van der Waals surface area contributed by atoms with Crippen molar-refractivity contribution in [1.82, 2.24) is 0 Å². The van der Waals surface area contributed by atoms with Crippen molar-refractivity contribution in [3.05, 3.63) is 63.6 Å². The highest BCUT2D eigenvalue weighted by Gasteiger charge is 2.13. The van der Waals surface area contributed by atoms with E-state index >= 15 is 0 Å². The van der Waals surface area contributed by atoms with Gasteiger partial charge in [0.05, 0.1) is 12.1 Å². The second-order valence-electron chi connectivity index (χ2n) is 4.41. The van der Waals surface area contributed by atoms with E-state index in [1.54, 1.807) is 6.07 Å². The Morgan fingerprint density at radius 2 is 1.85 bits per heavy atom. The van der Waals surface area contributed by atoms with E-state index in [2.05, 4.69) is 21.2 Å². The van der Waals surface area contributed by atoms with Crippen LogP contribution in [0.5, 0.6) is 0 Å². The maximum absolute atomic E-state index is 13.5. The first kappa shape index (κ1) is 14.7. The molecular formula is C15H12BrF2NO. The van der Waals surface area contributed by atoms with Crippen LogP contribution in [0.25, 0.3) is 0 Å². The third-order valence-corrected chi connectivity index (χ3v) is 3.45. The summed E-state index contributed by atoms with van der Waals surface area (Å²) in [7, 11) is 0. The van der Waals surface area contributed by atoms with Crippen molar-refractivity contribution in [3.8, 4) is 0 Å². The fourth-order valence-corrected chi connectivity index (χ4v) is 2.37. The number of benzene rings is 2. The number of hydrogen-bond acceptors (Lipinski definition) is 1. The minimum Gasteiger partial charge on any atom is -0.325 e. The topological polar surface area (TPSA) is 29.1 Å². The SMILES string of the molecule is Cc1ccc(NC(=O)Cc2c(F)cccc2F)c(Br)c1. The number of hydrogen-bond donors (Lipinski definition) is 1. The number of rotatable bonds is 3. The first-order chi connectivity index (χ1) is 9.47. The van der Waals surface area contributed by atoms with Crippen LogP contribution in [-0.2, 0) is 11.2 Å². The smallest absolute Gasteiger partial charge is 0.229 e. The minimum absolute atomic E-state index is 0.228. The molecule has 0 fully saturated rings. The first-order valence-electron chi connectivity index (χ1n) is 5.96. The molecule has 5 heteroatoms. The summed E-state index contributed by atoms with van der Waals surface area (Å²) in [5.74, 6) is -1.91. The molecule has 2 aromatic carbocycles. The van der Waals surface area contributed by atoms with E-state index in [4.69, 9.17) is 0 Å². The van der Waals surface area contributed by atoms with Crippen molar-refractivity contribution in [2.45, 2.75) is 13.3 Å². The van der Waals surface area contributed by atoms with Crippen LogP contribution in [0.1, 0.15) is 11.1 Å². The molecule has 0 aliphatic rings. The lowest BCUT2D eigenvalue weighted by molar-refractivity contribution is -0.115. The summed E-state index contributed by atoms with van der Waals surface area (Å²) < 4.78 is 27.6. The number of amides is 1. The summed E-state index contributed by atoms with van der Waals surface area (Å²) in [4.78, 5) is 11.9. The van der Waals surface area contributed by atoms with Crippen LogP contribution < -0.4 is 5.32 Å². The lowest BCUT2D eigenvalue weighted by Gasteiger charge is -2.09. The minimum atomic E-state index is -0.719. The maximum atomic E-state index is 13.5. The van der Waals surface area contributed by atoms with Crippen molar-refractivity contribution < 1.29 is 13.6 Å². The van der Waals surface area contributed by atoms with Gasteiger partial charge in [-0.3, -0.25) is 4.79 Å². The van der Waals surface area contributed by atoms with E-state index in [0.29, 0.717) is 5.69 Å². The number of aryl methyl sites for hydroxylation is 1. The lowest BCUT2D eigenvalue weighted by Crippen LogP contribution is -2.16. The maximum Gasteiger partial charge on any atom is 0.229 e.